The molecule has 0 radical (unpaired) electrons. The van der Waals surface area contributed by atoms with Gasteiger partial charge < -0.3 is 15.2 Å². The van der Waals surface area contributed by atoms with Gasteiger partial charge in [0.05, 0.1) is 24.2 Å². The monoisotopic (exact) mass is 180 g/mol. The molecule has 13 heavy (non-hydrogen) atoms. The average molecular weight is 180 g/mol. The van der Waals surface area contributed by atoms with Crippen molar-refractivity contribution >= 4 is 11.6 Å². The van der Waals surface area contributed by atoms with Crippen LogP contribution >= 0.6 is 0 Å². The predicted octanol–water partition coefficient (Wildman–Crippen LogP) is -0.0952. The zero-order chi connectivity index (χ0) is 9.26. The van der Waals surface area contributed by atoms with Crippen LogP contribution in [-0.4, -0.2) is 22.6 Å². The van der Waals surface area contributed by atoms with Crippen molar-refractivity contribution in [1.82, 2.24) is 4.98 Å². The number of fused-ring (bicyclic) bond motifs is 1. The topological polar surface area (TPSA) is 71.5 Å². The van der Waals surface area contributed by atoms with Crippen LogP contribution in [0.3, 0.4) is 0 Å². The Morgan fingerprint density at radius 3 is 3.31 bits per heavy atom. The SMILES string of the molecule is O=C1COc2cnc(CO)cc2N1. The van der Waals surface area contributed by atoms with Crippen LogP contribution in [0.5, 0.6) is 5.75 Å². The van der Waals surface area contributed by atoms with E-state index in [9.17, 15) is 4.79 Å². The predicted molar refractivity (Wildman–Crippen MR) is 44.3 cm³/mol. The number of nitrogens with zero attached hydrogens (tertiary/aromatic N) is 1. The molecule has 68 valence electrons. The molecule has 0 saturated carbocycles. The lowest BCUT2D eigenvalue weighted by molar-refractivity contribution is -0.118. The second-order valence-electron chi connectivity index (χ2n) is 2.67. The average Bonchev–Trinajstić information content (AvgIpc) is 2.16. The van der Waals surface area contributed by atoms with Gasteiger partial charge in [-0.1, -0.05) is 0 Å². The highest BCUT2D eigenvalue weighted by Gasteiger charge is 2.16. The molecule has 0 aromatic carbocycles. The van der Waals surface area contributed by atoms with Gasteiger partial charge in [0, 0.05) is 0 Å². The molecule has 1 aliphatic heterocycles. The number of aromatic nitrogens is 1. The first-order chi connectivity index (χ1) is 6.29. The van der Waals surface area contributed by atoms with Gasteiger partial charge in [-0.15, -0.1) is 0 Å². The van der Waals surface area contributed by atoms with Crippen LogP contribution in [0.1, 0.15) is 5.69 Å². The van der Waals surface area contributed by atoms with E-state index in [-0.39, 0.29) is 19.1 Å². The maximum atomic E-state index is 10.9. The highest BCUT2D eigenvalue weighted by atomic mass is 16.5. The van der Waals surface area contributed by atoms with E-state index >= 15 is 0 Å². The molecular formula is C8H8N2O3. The minimum absolute atomic E-state index is 0.0210. The lowest BCUT2D eigenvalue weighted by atomic mass is 10.3. The molecule has 0 spiro atoms. The van der Waals surface area contributed by atoms with Crippen LogP contribution in [0.15, 0.2) is 12.3 Å². The van der Waals surface area contributed by atoms with Crippen molar-refractivity contribution in [1.29, 1.82) is 0 Å². The Morgan fingerprint density at radius 1 is 1.69 bits per heavy atom. The largest absolute Gasteiger partial charge is 0.480 e. The van der Waals surface area contributed by atoms with Crippen LogP contribution in [0.2, 0.25) is 0 Å². The quantitative estimate of drug-likeness (QED) is 0.633. The van der Waals surface area contributed by atoms with Crippen molar-refractivity contribution in [2.45, 2.75) is 6.61 Å². The van der Waals surface area contributed by atoms with Gasteiger partial charge >= 0.3 is 0 Å². The van der Waals surface area contributed by atoms with Gasteiger partial charge in [-0.05, 0) is 6.07 Å². The molecule has 1 aliphatic rings. The number of nitrogens with one attached hydrogen (secondary N) is 1. The molecule has 1 amide bonds. The normalized spacial score (nSPS) is 14.4. The molecule has 0 fully saturated rings. The standard InChI is InChI=1S/C8H8N2O3/c11-3-5-1-6-7(2-9-5)13-4-8(12)10-6/h1-2,11H,3-4H2,(H,10,12). The molecule has 0 atom stereocenters. The first-order valence-electron chi connectivity index (χ1n) is 3.82. The second kappa shape index (κ2) is 3.02. The van der Waals surface area contributed by atoms with E-state index in [1.807, 2.05) is 0 Å². The van der Waals surface area contributed by atoms with Crippen LogP contribution in [0, 0.1) is 0 Å². The van der Waals surface area contributed by atoms with E-state index in [4.69, 9.17) is 9.84 Å². The Hall–Kier alpha value is -1.62. The van der Waals surface area contributed by atoms with Crippen molar-refractivity contribution in [2.24, 2.45) is 0 Å². The third-order valence-electron chi connectivity index (χ3n) is 1.72. The molecule has 2 rings (SSSR count). The summed E-state index contributed by atoms with van der Waals surface area (Å²) in [5.41, 5.74) is 1.07. The lowest BCUT2D eigenvalue weighted by Gasteiger charge is -2.17. The molecule has 0 unspecified atom stereocenters. The molecule has 1 aromatic rings. The molecule has 2 heterocycles. The summed E-state index contributed by atoms with van der Waals surface area (Å²) in [7, 11) is 0. The second-order valence-corrected chi connectivity index (χ2v) is 2.67. The molecule has 5 heteroatoms. The summed E-state index contributed by atoms with van der Waals surface area (Å²) < 4.78 is 5.08. The van der Waals surface area contributed by atoms with Crippen LogP contribution < -0.4 is 10.1 Å². The summed E-state index contributed by atoms with van der Waals surface area (Å²) in [6.45, 7) is -0.129. The molecule has 0 saturated heterocycles. The number of carbonyl (C=O) groups excluding carboxylic acids is 1. The highest BCUT2D eigenvalue weighted by Crippen LogP contribution is 2.26. The number of aliphatic hydroxyl groups excluding tert-OH is 1. The Labute approximate surface area is 74.4 Å². The number of pyridine rings is 1. The molecular weight excluding hydrogens is 172 g/mol. The van der Waals surface area contributed by atoms with Crippen molar-refractivity contribution in [3.63, 3.8) is 0 Å². The Balaban J connectivity index is 2.38. The van der Waals surface area contributed by atoms with Gasteiger partial charge in [0.1, 0.15) is 0 Å². The van der Waals surface area contributed by atoms with E-state index in [2.05, 4.69) is 10.3 Å². The van der Waals surface area contributed by atoms with E-state index in [1.165, 1.54) is 6.20 Å². The molecule has 2 N–H and O–H groups in total. The first-order valence-corrected chi connectivity index (χ1v) is 3.82. The summed E-state index contributed by atoms with van der Waals surface area (Å²) in [4.78, 5) is 14.8. The number of hydrogen-bond acceptors (Lipinski definition) is 4. The number of rotatable bonds is 1. The summed E-state index contributed by atoms with van der Waals surface area (Å²) in [6, 6.07) is 1.59. The van der Waals surface area contributed by atoms with Crippen molar-refractivity contribution in [3.8, 4) is 5.75 Å². The van der Waals surface area contributed by atoms with Gasteiger partial charge in [-0.25, -0.2) is 0 Å². The third kappa shape index (κ3) is 1.46. The minimum Gasteiger partial charge on any atom is -0.480 e. The van der Waals surface area contributed by atoms with Gasteiger partial charge in [0.2, 0.25) is 0 Å². The van der Waals surface area contributed by atoms with E-state index in [0.29, 0.717) is 17.1 Å². The van der Waals surface area contributed by atoms with Crippen molar-refractivity contribution in [2.75, 3.05) is 11.9 Å². The fraction of sp³-hybridized carbons (Fsp3) is 0.250. The van der Waals surface area contributed by atoms with Gasteiger partial charge in [-0.2, -0.15) is 0 Å². The van der Waals surface area contributed by atoms with Crippen LogP contribution in [-0.2, 0) is 11.4 Å². The number of anilines is 1. The number of hydrogen-bond donors (Lipinski definition) is 2. The Morgan fingerprint density at radius 2 is 2.54 bits per heavy atom. The Kier molecular flexibility index (Phi) is 1.86. The summed E-state index contributed by atoms with van der Waals surface area (Å²) >= 11 is 0. The molecule has 1 aromatic heterocycles. The number of carbonyl (C=O) groups is 1. The van der Waals surface area contributed by atoms with Crippen molar-refractivity contribution < 1.29 is 14.6 Å². The maximum absolute atomic E-state index is 10.9. The van der Waals surface area contributed by atoms with Gasteiger partial charge in [0.25, 0.3) is 5.91 Å². The number of aliphatic hydroxyl groups is 1. The van der Waals surface area contributed by atoms with Crippen LogP contribution in [0.25, 0.3) is 0 Å². The summed E-state index contributed by atoms with van der Waals surface area (Å²) in [5.74, 6) is 0.347. The smallest absolute Gasteiger partial charge is 0.262 e. The third-order valence-corrected chi connectivity index (χ3v) is 1.72. The van der Waals surface area contributed by atoms with Crippen molar-refractivity contribution in [3.05, 3.63) is 18.0 Å². The zero-order valence-electron chi connectivity index (χ0n) is 6.78. The van der Waals surface area contributed by atoms with E-state index in [1.54, 1.807) is 6.07 Å². The zero-order valence-corrected chi connectivity index (χ0v) is 6.78. The number of ether oxygens (including phenoxy) is 1. The molecule has 0 aliphatic carbocycles. The lowest BCUT2D eigenvalue weighted by Crippen LogP contribution is -2.25. The number of amides is 1. The van der Waals surface area contributed by atoms with Crippen LogP contribution in [0.4, 0.5) is 5.69 Å². The first kappa shape index (κ1) is 8.00. The maximum Gasteiger partial charge on any atom is 0.262 e. The van der Waals surface area contributed by atoms with Gasteiger partial charge in [0.15, 0.2) is 12.4 Å². The summed E-state index contributed by atoms with van der Waals surface area (Å²) in [5, 5.41) is 11.4. The van der Waals surface area contributed by atoms with E-state index < -0.39 is 0 Å². The fourth-order valence-electron chi connectivity index (χ4n) is 1.11. The Bertz CT molecular complexity index is 351. The summed E-state index contributed by atoms with van der Waals surface area (Å²) in [6.07, 6.45) is 1.49. The van der Waals surface area contributed by atoms with E-state index in [0.717, 1.165) is 0 Å². The highest BCUT2D eigenvalue weighted by molar-refractivity contribution is 5.95. The fourth-order valence-corrected chi connectivity index (χ4v) is 1.11. The minimum atomic E-state index is -0.192. The van der Waals surface area contributed by atoms with Gasteiger partial charge in [-0.3, -0.25) is 9.78 Å². The molecule has 5 nitrogen and oxygen atoms in total. The molecule has 0 bridgehead atoms.